The summed E-state index contributed by atoms with van der Waals surface area (Å²) in [7, 11) is 0. The van der Waals surface area contributed by atoms with Gasteiger partial charge in [-0.05, 0) is 11.6 Å². The number of fused-ring (bicyclic) bond motifs is 1. The lowest BCUT2D eigenvalue weighted by atomic mass is 10.1. The Morgan fingerprint density at radius 3 is 2.52 bits per heavy atom. The van der Waals surface area contributed by atoms with Gasteiger partial charge in [-0.25, -0.2) is 9.50 Å². The summed E-state index contributed by atoms with van der Waals surface area (Å²) in [6.07, 6.45) is 1.40. The summed E-state index contributed by atoms with van der Waals surface area (Å²) < 4.78 is 1.28. The first kappa shape index (κ1) is 18.4. The molecule has 8 heteroatoms. The molecule has 2 aromatic heterocycles. The Morgan fingerprint density at radius 1 is 1.12 bits per heavy atom. The number of aliphatic hydroxyl groups excluding tert-OH is 1. The summed E-state index contributed by atoms with van der Waals surface area (Å²) in [4.78, 5) is 27.2. The molecule has 0 atom stereocenters. The van der Waals surface area contributed by atoms with Crippen LogP contribution < -0.4 is 10.8 Å². The first-order chi connectivity index (χ1) is 11.6. The minimum Gasteiger partial charge on any atom is -0.510 e. The van der Waals surface area contributed by atoms with Crippen LogP contribution in [0.3, 0.4) is 0 Å². The molecule has 2 heterocycles. The van der Waals surface area contributed by atoms with E-state index in [1.807, 2.05) is 30.3 Å². The van der Waals surface area contributed by atoms with Gasteiger partial charge in [0, 0.05) is 18.4 Å². The van der Waals surface area contributed by atoms with Crippen molar-refractivity contribution in [3.05, 3.63) is 69.4 Å². The molecule has 0 fully saturated rings. The molecule has 0 radical (unpaired) electrons. The van der Waals surface area contributed by atoms with E-state index < -0.39 is 11.4 Å². The van der Waals surface area contributed by atoms with E-state index in [-0.39, 0.29) is 36.4 Å². The Bertz CT molecular complexity index is 1000. The highest BCUT2D eigenvalue weighted by molar-refractivity contribution is 5.85. The predicted octanol–water partition coefficient (Wildman–Crippen LogP) is 1.35. The normalized spacial score (nSPS) is 11.8. The average molecular weight is 362 g/mol. The summed E-state index contributed by atoms with van der Waals surface area (Å²) in [5.41, 5.74) is 1.77. The highest BCUT2D eigenvalue weighted by Crippen LogP contribution is 2.11. The summed E-state index contributed by atoms with van der Waals surface area (Å²) >= 11 is 0. The van der Waals surface area contributed by atoms with Crippen LogP contribution in [0.2, 0.25) is 0 Å². The van der Waals surface area contributed by atoms with E-state index in [4.69, 9.17) is 5.11 Å². The fourth-order valence-corrected chi connectivity index (χ4v) is 2.57. The lowest BCUT2D eigenvalue weighted by Gasteiger charge is -2.05. The van der Waals surface area contributed by atoms with E-state index in [0.717, 1.165) is 5.56 Å². The van der Waals surface area contributed by atoms with Crippen LogP contribution in [0.5, 0.6) is 0 Å². The van der Waals surface area contributed by atoms with Crippen LogP contribution in [0.25, 0.3) is 11.4 Å². The number of halogens is 1. The number of aliphatic hydroxyl groups is 1. The van der Waals surface area contributed by atoms with Gasteiger partial charge < -0.3 is 10.2 Å². The summed E-state index contributed by atoms with van der Waals surface area (Å²) in [6, 6.07) is 11.0. The fourth-order valence-electron chi connectivity index (χ4n) is 2.57. The fraction of sp³-hybridized carbons (Fsp3) is 0.176. The Labute approximate surface area is 148 Å². The van der Waals surface area contributed by atoms with Gasteiger partial charge >= 0.3 is 5.97 Å². The van der Waals surface area contributed by atoms with Gasteiger partial charge in [-0.3, -0.25) is 9.59 Å². The molecule has 0 amide bonds. The number of carboxylic acids is 1. The van der Waals surface area contributed by atoms with Gasteiger partial charge in [0.1, 0.15) is 12.1 Å². The predicted molar refractivity (Wildman–Crippen MR) is 93.9 cm³/mol. The number of pyridine rings is 1. The average Bonchev–Trinajstić information content (AvgIpc) is 3.03. The summed E-state index contributed by atoms with van der Waals surface area (Å²) in [6.45, 7) is 0. The number of benzene rings is 1. The molecule has 130 valence electrons. The van der Waals surface area contributed by atoms with Crippen molar-refractivity contribution in [3.8, 4) is 0 Å². The third kappa shape index (κ3) is 3.95. The van der Waals surface area contributed by atoms with Crippen molar-refractivity contribution in [1.29, 1.82) is 0 Å². The lowest BCUT2D eigenvalue weighted by Crippen LogP contribution is -2.35. The third-order valence-electron chi connectivity index (χ3n) is 3.67. The molecule has 0 bridgehead atoms. The van der Waals surface area contributed by atoms with Crippen molar-refractivity contribution in [1.82, 2.24) is 14.6 Å². The van der Waals surface area contributed by atoms with Crippen LogP contribution in [0.4, 0.5) is 0 Å². The smallest absolute Gasteiger partial charge is 0.303 e. The maximum absolute atomic E-state index is 12.4. The zero-order valence-electron chi connectivity index (χ0n) is 13.1. The molecule has 3 rings (SSSR count). The van der Waals surface area contributed by atoms with Gasteiger partial charge in [0.15, 0.2) is 11.0 Å². The Hall–Kier alpha value is -2.93. The van der Waals surface area contributed by atoms with Crippen LogP contribution in [0.15, 0.2) is 47.5 Å². The highest BCUT2D eigenvalue weighted by atomic mass is 35.5. The van der Waals surface area contributed by atoms with Gasteiger partial charge in [0.05, 0.1) is 6.42 Å². The van der Waals surface area contributed by atoms with Crippen molar-refractivity contribution < 1.29 is 15.0 Å². The number of hydrogen-bond acceptors (Lipinski definition) is 5. The second-order valence-corrected chi connectivity index (χ2v) is 5.38. The van der Waals surface area contributed by atoms with Gasteiger partial charge in [0.25, 0.3) is 0 Å². The standard InChI is InChI=1S/C17H15N3O4.ClH/c21-13(6-7-15(23)24)16-14(22)9-12(17-18-10-19-20(16)17)8-11-4-2-1-3-5-11;/h1-5,9-10,21H,6-8H2,(H,23,24);1H. The number of hydrogen-bond donors (Lipinski definition) is 2. The molecule has 3 aromatic rings. The van der Waals surface area contributed by atoms with Gasteiger partial charge in [-0.15, -0.1) is 12.4 Å². The maximum Gasteiger partial charge on any atom is 0.303 e. The molecular formula is C17H16ClN3O4. The first-order valence-corrected chi connectivity index (χ1v) is 7.39. The quantitative estimate of drug-likeness (QED) is 0.710. The molecule has 0 saturated carbocycles. The maximum atomic E-state index is 12.4. The van der Waals surface area contributed by atoms with E-state index >= 15 is 0 Å². The minimum absolute atomic E-state index is 0. The highest BCUT2D eigenvalue weighted by Gasteiger charge is 2.12. The van der Waals surface area contributed by atoms with Crippen LogP contribution in [-0.2, 0) is 11.2 Å². The van der Waals surface area contributed by atoms with Gasteiger partial charge in [0.2, 0.25) is 5.43 Å². The number of aromatic nitrogens is 3. The van der Waals surface area contributed by atoms with Crippen molar-refractivity contribution in [2.24, 2.45) is 0 Å². The number of carbonyl (C=O) groups is 1. The molecule has 0 saturated heterocycles. The van der Waals surface area contributed by atoms with Crippen LogP contribution >= 0.6 is 12.4 Å². The number of nitrogens with zero attached hydrogens (tertiary/aromatic N) is 3. The number of rotatable bonds is 5. The number of carboxylic acid groups (broad SMARTS) is 1. The topological polar surface area (TPSA) is 105 Å². The van der Waals surface area contributed by atoms with Crippen molar-refractivity contribution >= 4 is 29.8 Å². The zero-order valence-corrected chi connectivity index (χ0v) is 13.9. The van der Waals surface area contributed by atoms with Gasteiger partial charge in [-0.2, -0.15) is 5.10 Å². The molecule has 2 N–H and O–H groups in total. The van der Waals surface area contributed by atoms with E-state index in [1.54, 1.807) is 0 Å². The Balaban J connectivity index is 0.00000225. The molecule has 0 unspecified atom stereocenters. The van der Waals surface area contributed by atoms with E-state index in [1.165, 1.54) is 16.9 Å². The molecule has 0 aliphatic carbocycles. The van der Waals surface area contributed by atoms with Crippen LogP contribution in [0.1, 0.15) is 24.0 Å². The van der Waals surface area contributed by atoms with E-state index in [0.29, 0.717) is 17.6 Å². The largest absolute Gasteiger partial charge is 0.510 e. The van der Waals surface area contributed by atoms with Gasteiger partial charge in [-0.1, -0.05) is 30.3 Å². The molecular weight excluding hydrogens is 346 g/mol. The van der Waals surface area contributed by atoms with Crippen molar-refractivity contribution in [2.75, 3.05) is 0 Å². The van der Waals surface area contributed by atoms with Crippen LogP contribution in [0, 0.1) is 0 Å². The molecule has 1 aromatic carbocycles. The molecule has 25 heavy (non-hydrogen) atoms. The van der Waals surface area contributed by atoms with E-state index in [2.05, 4.69) is 10.1 Å². The second-order valence-electron chi connectivity index (χ2n) is 5.38. The minimum atomic E-state index is -1.05. The SMILES string of the molecule is Cl.O=C(O)CCC(O)=c1c(=O)cc(Cc2ccccc2)c2ncnn12. The molecule has 0 aliphatic rings. The Kier molecular flexibility index (Phi) is 5.71. The number of aliphatic carboxylic acids is 1. The van der Waals surface area contributed by atoms with E-state index in [9.17, 15) is 14.7 Å². The monoisotopic (exact) mass is 361 g/mol. The third-order valence-corrected chi connectivity index (χ3v) is 3.67. The van der Waals surface area contributed by atoms with Crippen LogP contribution in [-0.4, -0.2) is 30.8 Å². The summed E-state index contributed by atoms with van der Waals surface area (Å²) in [5.74, 6) is -1.35. The molecule has 0 aliphatic heterocycles. The second kappa shape index (κ2) is 7.76. The zero-order chi connectivity index (χ0) is 17.1. The molecule has 7 nitrogen and oxygen atoms in total. The van der Waals surface area contributed by atoms with Crippen molar-refractivity contribution in [3.63, 3.8) is 0 Å². The summed E-state index contributed by atoms with van der Waals surface area (Å²) in [5, 5.41) is 22.8. The first-order valence-electron chi connectivity index (χ1n) is 7.39. The van der Waals surface area contributed by atoms with Crippen molar-refractivity contribution in [2.45, 2.75) is 19.3 Å². The lowest BCUT2D eigenvalue weighted by molar-refractivity contribution is -0.136. The Morgan fingerprint density at radius 2 is 1.84 bits per heavy atom. The molecule has 0 spiro atoms.